The molecule has 2 aromatic carbocycles. The van der Waals surface area contributed by atoms with Crippen LogP contribution in [0.2, 0.25) is 0 Å². The van der Waals surface area contributed by atoms with Crippen LogP contribution in [0.5, 0.6) is 0 Å². The maximum absolute atomic E-state index is 12.4. The summed E-state index contributed by atoms with van der Waals surface area (Å²) in [6.07, 6.45) is 0. The Labute approximate surface area is 150 Å². The number of sulfonamides is 1. The van der Waals surface area contributed by atoms with Gasteiger partial charge in [0.25, 0.3) is 10.0 Å². The summed E-state index contributed by atoms with van der Waals surface area (Å²) in [6.45, 7) is 5.44. The average molecular weight is 411 g/mol. The molecule has 0 aliphatic carbocycles. The molecule has 2 rings (SSSR count). The summed E-state index contributed by atoms with van der Waals surface area (Å²) in [7, 11) is -3.66. The van der Waals surface area contributed by atoms with Gasteiger partial charge < -0.3 is 5.32 Å². The van der Waals surface area contributed by atoms with Crippen LogP contribution in [0.4, 0.5) is 11.4 Å². The van der Waals surface area contributed by atoms with Gasteiger partial charge in [-0.3, -0.25) is 9.52 Å². The Bertz CT molecular complexity index is 847. The zero-order valence-corrected chi connectivity index (χ0v) is 16.0. The van der Waals surface area contributed by atoms with Gasteiger partial charge in [-0.15, -0.1) is 0 Å². The number of halogens is 1. The van der Waals surface area contributed by atoms with E-state index in [1.807, 2.05) is 6.92 Å². The first-order valence-corrected chi connectivity index (χ1v) is 9.66. The van der Waals surface area contributed by atoms with Crippen molar-refractivity contribution in [2.75, 3.05) is 10.0 Å². The van der Waals surface area contributed by atoms with Crippen LogP contribution in [-0.4, -0.2) is 14.3 Å². The van der Waals surface area contributed by atoms with Gasteiger partial charge in [0.1, 0.15) is 0 Å². The first kappa shape index (κ1) is 18.5. The molecule has 24 heavy (non-hydrogen) atoms. The second-order valence-corrected chi connectivity index (χ2v) is 8.27. The Balaban J connectivity index is 2.15. The maximum atomic E-state index is 12.4. The fraction of sp³-hybridized carbons (Fsp3) is 0.235. The molecule has 1 amide bonds. The number of anilines is 2. The fourth-order valence-corrected chi connectivity index (χ4v) is 3.30. The van der Waals surface area contributed by atoms with Crippen molar-refractivity contribution in [2.45, 2.75) is 25.7 Å². The van der Waals surface area contributed by atoms with Crippen LogP contribution in [0.25, 0.3) is 0 Å². The summed E-state index contributed by atoms with van der Waals surface area (Å²) in [5, 5.41) is 2.76. The molecule has 0 spiro atoms. The highest BCUT2D eigenvalue weighted by molar-refractivity contribution is 9.10. The molecule has 0 aromatic heterocycles. The van der Waals surface area contributed by atoms with Crippen LogP contribution < -0.4 is 10.0 Å². The van der Waals surface area contributed by atoms with Gasteiger partial charge >= 0.3 is 0 Å². The van der Waals surface area contributed by atoms with Crippen LogP contribution in [-0.2, 0) is 14.8 Å². The van der Waals surface area contributed by atoms with E-state index in [2.05, 4.69) is 26.0 Å². The van der Waals surface area contributed by atoms with Crippen LogP contribution >= 0.6 is 15.9 Å². The number of benzene rings is 2. The third-order valence-corrected chi connectivity index (χ3v) is 5.64. The summed E-state index contributed by atoms with van der Waals surface area (Å²) in [4.78, 5) is 11.8. The highest BCUT2D eigenvalue weighted by atomic mass is 79.9. The lowest BCUT2D eigenvalue weighted by Crippen LogP contribution is -2.17. The molecule has 128 valence electrons. The summed E-state index contributed by atoms with van der Waals surface area (Å²) < 4.78 is 28.2. The molecule has 0 atom stereocenters. The quantitative estimate of drug-likeness (QED) is 0.776. The Morgan fingerprint density at radius 2 is 1.62 bits per heavy atom. The molecule has 0 bridgehead atoms. The van der Waals surface area contributed by atoms with Crippen molar-refractivity contribution in [3.8, 4) is 0 Å². The van der Waals surface area contributed by atoms with Crippen molar-refractivity contribution in [2.24, 2.45) is 5.92 Å². The zero-order chi connectivity index (χ0) is 17.9. The molecular formula is C17H19BrN2O3S. The molecule has 0 aliphatic rings. The van der Waals surface area contributed by atoms with E-state index < -0.39 is 10.0 Å². The molecule has 0 saturated heterocycles. The van der Waals surface area contributed by atoms with Crippen LogP contribution in [0.3, 0.4) is 0 Å². The third-order valence-electron chi connectivity index (χ3n) is 3.37. The molecule has 0 saturated carbocycles. The number of hydrogen-bond acceptors (Lipinski definition) is 3. The van der Waals surface area contributed by atoms with E-state index in [9.17, 15) is 13.2 Å². The lowest BCUT2D eigenvalue weighted by Gasteiger charge is -2.11. The molecule has 7 heteroatoms. The highest BCUT2D eigenvalue weighted by Crippen LogP contribution is 2.23. The minimum Gasteiger partial charge on any atom is -0.326 e. The molecule has 2 aromatic rings. The molecule has 5 nitrogen and oxygen atoms in total. The van der Waals surface area contributed by atoms with E-state index in [4.69, 9.17) is 0 Å². The van der Waals surface area contributed by atoms with Gasteiger partial charge in [0.2, 0.25) is 5.91 Å². The van der Waals surface area contributed by atoms with E-state index in [0.717, 1.165) is 10.0 Å². The average Bonchev–Trinajstić information content (AvgIpc) is 2.51. The largest absolute Gasteiger partial charge is 0.326 e. The zero-order valence-electron chi connectivity index (χ0n) is 13.6. The lowest BCUT2D eigenvalue weighted by atomic mass is 10.2. The SMILES string of the molecule is Cc1cc(S(=O)(=O)Nc2ccc(NC(=O)C(C)C)cc2)ccc1Br. The molecule has 0 heterocycles. The van der Waals surface area contributed by atoms with Gasteiger partial charge in [-0.2, -0.15) is 0 Å². The lowest BCUT2D eigenvalue weighted by molar-refractivity contribution is -0.118. The minimum atomic E-state index is -3.66. The van der Waals surface area contributed by atoms with Crippen LogP contribution in [0, 0.1) is 12.8 Å². The maximum Gasteiger partial charge on any atom is 0.261 e. The van der Waals surface area contributed by atoms with E-state index in [1.54, 1.807) is 50.2 Å². The summed E-state index contributed by atoms with van der Waals surface area (Å²) in [5.41, 5.74) is 1.89. The standard InChI is InChI=1S/C17H19BrN2O3S/c1-11(2)17(21)19-13-4-6-14(7-5-13)20-24(22,23)15-8-9-16(18)12(3)10-15/h4-11,20H,1-3H3,(H,19,21). The smallest absolute Gasteiger partial charge is 0.261 e. The van der Waals surface area contributed by atoms with Gasteiger partial charge in [-0.1, -0.05) is 29.8 Å². The fourth-order valence-electron chi connectivity index (χ4n) is 1.91. The van der Waals surface area contributed by atoms with E-state index in [-0.39, 0.29) is 16.7 Å². The van der Waals surface area contributed by atoms with E-state index in [0.29, 0.717) is 11.4 Å². The first-order valence-electron chi connectivity index (χ1n) is 7.39. The molecule has 0 fully saturated rings. The van der Waals surface area contributed by atoms with E-state index in [1.165, 1.54) is 6.07 Å². The number of hydrogen-bond donors (Lipinski definition) is 2. The van der Waals surface area contributed by atoms with Gasteiger partial charge in [-0.25, -0.2) is 8.42 Å². The minimum absolute atomic E-state index is 0.0892. The summed E-state index contributed by atoms with van der Waals surface area (Å²) in [6, 6.07) is 11.4. The van der Waals surface area contributed by atoms with Crippen molar-refractivity contribution in [1.82, 2.24) is 0 Å². The monoisotopic (exact) mass is 410 g/mol. The predicted molar refractivity (Wildman–Crippen MR) is 99.6 cm³/mol. The highest BCUT2D eigenvalue weighted by Gasteiger charge is 2.15. The summed E-state index contributed by atoms with van der Waals surface area (Å²) in [5.74, 6) is -0.211. The predicted octanol–water partition coefficient (Wildman–Crippen LogP) is 4.15. The Kier molecular flexibility index (Phi) is 5.66. The Hall–Kier alpha value is -1.86. The number of carbonyl (C=O) groups is 1. The third kappa shape index (κ3) is 4.58. The number of carbonyl (C=O) groups excluding carboxylic acids is 1. The van der Waals surface area contributed by atoms with Crippen molar-refractivity contribution < 1.29 is 13.2 Å². The topological polar surface area (TPSA) is 75.3 Å². The van der Waals surface area contributed by atoms with Crippen molar-refractivity contribution in [1.29, 1.82) is 0 Å². The van der Waals surface area contributed by atoms with E-state index >= 15 is 0 Å². The molecule has 0 aliphatic heterocycles. The first-order chi connectivity index (χ1) is 11.2. The van der Waals surface area contributed by atoms with Crippen molar-refractivity contribution in [3.63, 3.8) is 0 Å². The van der Waals surface area contributed by atoms with Crippen LogP contribution in [0.1, 0.15) is 19.4 Å². The normalized spacial score (nSPS) is 11.4. The number of rotatable bonds is 5. The van der Waals surface area contributed by atoms with Gasteiger partial charge in [-0.05, 0) is 55.0 Å². The van der Waals surface area contributed by atoms with Crippen molar-refractivity contribution in [3.05, 3.63) is 52.5 Å². The van der Waals surface area contributed by atoms with Crippen molar-refractivity contribution >= 4 is 43.2 Å². The van der Waals surface area contributed by atoms with Gasteiger partial charge in [0.15, 0.2) is 0 Å². The molecule has 0 unspecified atom stereocenters. The number of nitrogens with one attached hydrogen (secondary N) is 2. The Morgan fingerprint density at radius 3 is 2.17 bits per heavy atom. The molecule has 0 radical (unpaired) electrons. The summed E-state index contributed by atoms with van der Waals surface area (Å²) >= 11 is 3.35. The number of amides is 1. The van der Waals surface area contributed by atoms with Gasteiger partial charge in [0, 0.05) is 21.8 Å². The number of aryl methyl sites for hydroxylation is 1. The molecular weight excluding hydrogens is 392 g/mol. The van der Waals surface area contributed by atoms with Gasteiger partial charge in [0.05, 0.1) is 4.90 Å². The Morgan fingerprint density at radius 1 is 1.04 bits per heavy atom. The second kappa shape index (κ2) is 7.36. The van der Waals surface area contributed by atoms with Crippen LogP contribution in [0.15, 0.2) is 51.8 Å². The molecule has 2 N–H and O–H groups in total. The second-order valence-electron chi connectivity index (χ2n) is 5.74.